The van der Waals surface area contributed by atoms with Gasteiger partial charge < -0.3 is 10.2 Å². The van der Waals surface area contributed by atoms with Crippen LogP contribution in [0.1, 0.15) is 55.6 Å². The van der Waals surface area contributed by atoms with E-state index in [-0.39, 0.29) is 0 Å². The molecule has 1 N–H and O–H groups in total. The van der Waals surface area contributed by atoms with Crippen LogP contribution in [0.3, 0.4) is 0 Å². The Labute approximate surface area is 128 Å². The Bertz CT molecular complexity index is 632. The quantitative estimate of drug-likeness (QED) is 0.850. The molecule has 1 aliphatic carbocycles. The number of nitrogens with one attached hydrogen (secondary N) is 1. The van der Waals surface area contributed by atoms with Crippen molar-refractivity contribution in [3.63, 3.8) is 0 Å². The van der Waals surface area contributed by atoms with Crippen molar-refractivity contribution in [2.24, 2.45) is 5.92 Å². The van der Waals surface area contributed by atoms with E-state index < -0.39 is 13.0 Å². The minimum Gasteiger partial charge on any atom is -0.367 e. The van der Waals surface area contributed by atoms with Crippen molar-refractivity contribution in [3.05, 3.63) is 41.2 Å². The molecule has 1 saturated carbocycles. The molecule has 2 aliphatic rings. The Morgan fingerprint density at radius 1 is 1.20 bits per heavy atom. The molecule has 0 saturated heterocycles. The summed E-state index contributed by atoms with van der Waals surface area (Å²) >= 11 is 0. The van der Waals surface area contributed by atoms with Gasteiger partial charge in [0.1, 0.15) is 6.17 Å². The Kier molecular flexibility index (Phi) is 2.61. The molecule has 1 aromatic rings. The fourth-order valence-electron chi connectivity index (χ4n) is 3.51. The third kappa shape index (κ3) is 2.32. The highest BCUT2D eigenvalue weighted by Crippen LogP contribution is 2.37. The summed E-state index contributed by atoms with van der Waals surface area (Å²) in [5.41, 5.74) is 3.75. The summed E-state index contributed by atoms with van der Waals surface area (Å²) in [7, 11) is 0. The molecular formula is C18H26N2. The number of para-hydroxylation sites is 1. The summed E-state index contributed by atoms with van der Waals surface area (Å²) in [6.45, 7) is 1.72. The average Bonchev–Trinajstić information content (AvgIpc) is 2.79. The van der Waals surface area contributed by atoms with Crippen LogP contribution < -0.4 is 10.2 Å². The Morgan fingerprint density at radius 3 is 2.65 bits per heavy atom. The van der Waals surface area contributed by atoms with Crippen molar-refractivity contribution in [1.29, 1.82) is 0 Å². The van der Waals surface area contributed by atoms with Crippen LogP contribution in [0.2, 0.25) is 1.41 Å². The van der Waals surface area contributed by atoms with E-state index in [1.165, 1.54) is 11.7 Å². The highest BCUT2D eigenvalue weighted by Gasteiger charge is 2.31. The maximum Gasteiger partial charge on any atom is 0.162 e. The Balaban J connectivity index is 2.08. The maximum atomic E-state index is 8.59. The summed E-state index contributed by atoms with van der Waals surface area (Å²) in [4.78, 5) is 1.86. The van der Waals surface area contributed by atoms with Crippen LogP contribution >= 0.6 is 0 Å². The SMILES string of the molecule is [2H]N1C(C2CCCCC2)=C(C)N(c2ccccc2C)C1C([2H])([2H])[2H]. The molecule has 1 unspecified atom stereocenters. The van der Waals surface area contributed by atoms with Crippen LogP contribution in [-0.4, -0.2) is 6.17 Å². The monoisotopic (exact) mass is 274 g/mol. The van der Waals surface area contributed by atoms with Crippen molar-refractivity contribution in [1.82, 2.24) is 5.31 Å². The Morgan fingerprint density at radius 2 is 1.95 bits per heavy atom. The van der Waals surface area contributed by atoms with E-state index in [9.17, 15) is 0 Å². The zero-order chi connectivity index (χ0) is 17.5. The van der Waals surface area contributed by atoms with Gasteiger partial charge in [0.15, 0.2) is 1.41 Å². The molecule has 108 valence electrons. The number of hydrogen-bond donors (Lipinski definition) is 1. The molecule has 2 nitrogen and oxygen atoms in total. The first kappa shape index (κ1) is 9.49. The van der Waals surface area contributed by atoms with Crippen LogP contribution in [0.4, 0.5) is 5.69 Å². The van der Waals surface area contributed by atoms with Gasteiger partial charge in [0, 0.05) is 27.1 Å². The molecule has 0 amide bonds. The molecule has 3 rings (SSSR count). The zero-order valence-electron chi connectivity index (χ0n) is 16.4. The van der Waals surface area contributed by atoms with Gasteiger partial charge in [-0.05, 0) is 45.2 Å². The second kappa shape index (κ2) is 5.51. The van der Waals surface area contributed by atoms with Gasteiger partial charge in [-0.15, -0.1) is 0 Å². The number of rotatable bonds is 2. The number of allylic oxidation sites excluding steroid dienone is 2. The smallest absolute Gasteiger partial charge is 0.162 e. The number of benzene rings is 1. The molecular weight excluding hydrogens is 244 g/mol. The van der Waals surface area contributed by atoms with E-state index in [4.69, 9.17) is 5.52 Å². The fourth-order valence-corrected chi connectivity index (χ4v) is 3.51. The summed E-state index contributed by atoms with van der Waals surface area (Å²) in [6.07, 6.45) is 4.73. The predicted octanol–water partition coefficient (Wildman–Crippen LogP) is 4.56. The van der Waals surface area contributed by atoms with Crippen molar-refractivity contribution in [2.75, 3.05) is 4.90 Å². The van der Waals surface area contributed by atoms with Crippen LogP contribution in [0.15, 0.2) is 35.7 Å². The van der Waals surface area contributed by atoms with Gasteiger partial charge in [-0.3, -0.25) is 0 Å². The molecule has 2 heteroatoms. The number of aryl methyl sites for hydroxylation is 1. The first-order chi connectivity index (χ1) is 11.3. The number of nitrogens with zero attached hydrogens (tertiary/aromatic N) is 1. The van der Waals surface area contributed by atoms with Crippen molar-refractivity contribution >= 4 is 5.69 Å². The lowest BCUT2D eigenvalue weighted by Crippen LogP contribution is -2.35. The molecule has 0 radical (unpaired) electrons. The first-order valence-corrected chi connectivity index (χ1v) is 7.66. The van der Waals surface area contributed by atoms with Gasteiger partial charge >= 0.3 is 0 Å². The standard InChI is InChI=1S/C18H26N2/c1-13-9-7-8-12-17(13)20-14(2)18(19-15(20)3)16-10-5-4-6-11-16/h7-9,12,15-16,19H,4-6,10-11H2,1-3H3/i3D3/hD. The van der Waals surface area contributed by atoms with Gasteiger partial charge in [0.05, 0.1) is 0 Å². The van der Waals surface area contributed by atoms with Crippen molar-refractivity contribution < 1.29 is 5.52 Å². The minimum atomic E-state index is -2.25. The third-order valence-electron chi connectivity index (χ3n) is 4.60. The maximum absolute atomic E-state index is 8.59. The van der Waals surface area contributed by atoms with Crippen molar-refractivity contribution in [2.45, 2.75) is 59.0 Å². The van der Waals surface area contributed by atoms with Crippen LogP contribution in [0, 0.1) is 12.8 Å². The van der Waals surface area contributed by atoms with E-state index in [0.29, 0.717) is 5.92 Å². The fraction of sp³-hybridized carbons (Fsp3) is 0.556. The van der Waals surface area contributed by atoms with E-state index in [2.05, 4.69) is 0 Å². The second-order valence-corrected chi connectivity index (χ2v) is 5.96. The molecule has 0 spiro atoms. The van der Waals surface area contributed by atoms with Crippen LogP contribution in [0.5, 0.6) is 0 Å². The molecule has 1 heterocycles. The lowest BCUT2D eigenvalue weighted by Gasteiger charge is -2.26. The first-order valence-electron chi connectivity index (χ1n) is 9.61. The summed E-state index contributed by atoms with van der Waals surface area (Å²) in [5, 5.41) is 1.28. The van der Waals surface area contributed by atoms with Gasteiger partial charge in [0.25, 0.3) is 0 Å². The largest absolute Gasteiger partial charge is 0.367 e. The highest BCUT2D eigenvalue weighted by atomic mass is 15.3. The zero-order valence-corrected chi connectivity index (χ0v) is 12.4. The molecule has 1 atom stereocenters. The summed E-state index contributed by atoms with van der Waals surface area (Å²) in [6, 6.07) is 7.83. The summed E-state index contributed by atoms with van der Waals surface area (Å²) < 4.78 is 32.6. The van der Waals surface area contributed by atoms with Gasteiger partial charge in [-0.1, -0.05) is 37.5 Å². The van der Waals surface area contributed by atoms with Gasteiger partial charge in [-0.25, -0.2) is 0 Å². The second-order valence-electron chi connectivity index (χ2n) is 5.96. The third-order valence-corrected chi connectivity index (χ3v) is 4.60. The minimum absolute atomic E-state index is 0.301. The van der Waals surface area contributed by atoms with E-state index in [1.807, 2.05) is 43.0 Å². The van der Waals surface area contributed by atoms with Crippen LogP contribution in [0.25, 0.3) is 0 Å². The van der Waals surface area contributed by atoms with Gasteiger partial charge in [0.2, 0.25) is 0 Å². The molecule has 1 aromatic carbocycles. The molecule has 0 bridgehead atoms. The van der Waals surface area contributed by atoms with Crippen LogP contribution in [-0.2, 0) is 0 Å². The Hall–Kier alpha value is -1.44. The highest BCUT2D eigenvalue weighted by molar-refractivity contribution is 5.60. The lowest BCUT2D eigenvalue weighted by atomic mass is 9.86. The van der Waals surface area contributed by atoms with E-state index in [1.54, 1.807) is 0 Å². The topological polar surface area (TPSA) is 15.3 Å². The van der Waals surface area contributed by atoms with Gasteiger partial charge in [-0.2, -0.15) is 0 Å². The molecule has 20 heavy (non-hydrogen) atoms. The molecule has 1 fully saturated rings. The number of anilines is 1. The lowest BCUT2D eigenvalue weighted by molar-refractivity contribution is 0.385. The predicted molar refractivity (Wildman–Crippen MR) is 85.5 cm³/mol. The summed E-state index contributed by atoms with van der Waals surface area (Å²) in [5.74, 6) is 0.301. The van der Waals surface area contributed by atoms with Crippen molar-refractivity contribution in [3.8, 4) is 0 Å². The normalized spacial score (nSPS) is 28.2. The number of hydrogen-bond acceptors (Lipinski definition) is 2. The molecule has 1 aliphatic heterocycles. The average molecular weight is 274 g/mol. The van der Waals surface area contributed by atoms with E-state index in [0.717, 1.165) is 48.3 Å². The van der Waals surface area contributed by atoms with E-state index >= 15 is 0 Å². The molecule has 0 aromatic heterocycles.